The molecule has 2 aliphatic rings. The van der Waals surface area contributed by atoms with Gasteiger partial charge in [-0.25, -0.2) is 18.2 Å². The molecule has 1 saturated carbocycles. The molecule has 1 saturated heterocycles. The molecule has 2 fully saturated rings. The first-order valence-electron chi connectivity index (χ1n) is 11.8. The Morgan fingerprint density at radius 1 is 1.08 bits per heavy atom. The lowest BCUT2D eigenvalue weighted by Gasteiger charge is -2.27. The molecule has 194 valence electrons. The number of carbonyl (C=O) groups is 2. The molecular weight excluding hydrogens is 488 g/mol. The number of hydrogen-bond acceptors (Lipinski definition) is 8. The SMILES string of the molecule is CC(C)(Oc1ccc(NC(=O)C(OC2CCOCC2)c2ccc(S(=O)(=O)C3CC3)cc2)nc1)C(=O)O. The van der Waals surface area contributed by atoms with Crippen LogP contribution in [0.3, 0.4) is 0 Å². The minimum Gasteiger partial charge on any atom is -0.478 e. The Labute approximate surface area is 209 Å². The molecule has 1 aromatic heterocycles. The van der Waals surface area contributed by atoms with Gasteiger partial charge in [0, 0.05) is 13.2 Å². The summed E-state index contributed by atoms with van der Waals surface area (Å²) < 4.78 is 42.1. The maximum absolute atomic E-state index is 13.3. The summed E-state index contributed by atoms with van der Waals surface area (Å²) in [6.07, 6.45) is 2.77. The number of carbonyl (C=O) groups excluding carboxylic acids is 1. The van der Waals surface area contributed by atoms with E-state index in [1.165, 1.54) is 44.3 Å². The number of rotatable bonds is 10. The number of benzene rings is 1. The second-order valence-corrected chi connectivity index (χ2v) is 11.7. The Kier molecular flexibility index (Phi) is 7.62. The van der Waals surface area contributed by atoms with E-state index in [0.29, 0.717) is 44.5 Å². The van der Waals surface area contributed by atoms with Crippen molar-refractivity contribution in [3.05, 3.63) is 48.2 Å². The van der Waals surface area contributed by atoms with Crippen molar-refractivity contribution < 1.29 is 37.3 Å². The minimum absolute atomic E-state index is 0.189. The average Bonchev–Trinajstić information content (AvgIpc) is 3.71. The van der Waals surface area contributed by atoms with Gasteiger partial charge in [-0.1, -0.05) is 12.1 Å². The molecule has 11 heteroatoms. The van der Waals surface area contributed by atoms with Crippen LogP contribution in [0, 0.1) is 0 Å². The van der Waals surface area contributed by atoms with Gasteiger partial charge < -0.3 is 24.6 Å². The van der Waals surface area contributed by atoms with E-state index < -0.39 is 33.4 Å². The summed E-state index contributed by atoms with van der Waals surface area (Å²) in [5.74, 6) is -1.12. The Bertz CT molecular complexity index is 1190. The molecule has 4 rings (SSSR count). The number of amides is 1. The largest absolute Gasteiger partial charge is 0.478 e. The van der Waals surface area contributed by atoms with Crippen LogP contribution in [0.15, 0.2) is 47.5 Å². The van der Waals surface area contributed by atoms with E-state index in [-0.39, 0.29) is 27.8 Å². The van der Waals surface area contributed by atoms with Crippen molar-refractivity contribution in [2.75, 3.05) is 18.5 Å². The summed E-state index contributed by atoms with van der Waals surface area (Å²) in [6.45, 7) is 3.91. The Morgan fingerprint density at radius 3 is 2.31 bits per heavy atom. The number of hydrogen-bond donors (Lipinski definition) is 2. The van der Waals surface area contributed by atoms with Crippen LogP contribution in [0.2, 0.25) is 0 Å². The molecule has 2 aromatic rings. The number of carboxylic acids is 1. The van der Waals surface area contributed by atoms with Gasteiger partial charge in [-0.15, -0.1) is 0 Å². The van der Waals surface area contributed by atoms with Gasteiger partial charge in [0.25, 0.3) is 5.91 Å². The average molecular weight is 519 g/mol. The fourth-order valence-corrected chi connectivity index (χ4v) is 5.40. The Morgan fingerprint density at radius 2 is 1.75 bits per heavy atom. The van der Waals surface area contributed by atoms with Gasteiger partial charge in [-0.3, -0.25) is 4.79 Å². The van der Waals surface area contributed by atoms with Gasteiger partial charge in [0.15, 0.2) is 21.5 Å². The van der Waals surface area contributed by atoms with Crippen LogP contribution in [-0.4, -0.2) is 60.6 Å². The molecule has 10 nitrogen and oxygen atoms in total. The Hall–Kier alpha value is -3.02. The molecule has 2 heterocycles. The van der Waals surface area contributed by atoms with Crippen LogP contribution < -0.4 is 10.1 Å². The van der Waals surface area contributed by atoms with Crippen LogP contribution >= 0.6 is 0 Å². The highest BCUT2D eigenvalue weighted by molar-refractivity contribution is 7.92. The maximum atomic E-state index is 13.3. The molecule has 0 bridgehead atoms. The normalized spacial score (nSPS) is 17.8. The van der Waals surface area contributed by atoms with Gasteiger partial charge in [0.1, 0.15) is 11.6 Å². The molecule has 0 spiro atoms. The highest BCUT2D eigenvalue weighted by Gasteiger charge is 2.37. The topological polar surface area (TPSA) is 141 Å². The zero-order valence-corrected chi connectivity index (χ0v) is 21.0. The van der Waals surface area contributed by atoms with Crippen LogP contribution in [-0.2, 0) is 28.9 Å². The van der Waals surface area contributed by atoms with Crippen LogP contribution in [0.1, 0.15) is 51.2 Å². The number of ether oxygens (including phenoxy) is 3. The lowest BCUT2D eigenvalue weighted by atomic mass is 10.1. The van der Waals surface area contributed by atoms with E-state index in [1.807, 2.05) is 0 Å². The molecule has 1 aliphatic carbocycles. The molecule has 0 radical (unpaired) electrons. The third-order valence-corrected chi connectivity index (χ3v) is 8.36. The third-order valence-electron chi connectivity index (χ3n) is 6.09. The molecule has 1 aliphatic heterocycles. The number of nitrogens with zero attached hydrogens (tertiary/aromatic N) is 1. The number of nitrogens with one attached hydrogen (secondary N) is 1. The molecule has 1 aromatic carbocycles. The van der Waals surface area contributed by atoms with Gasteiger partial charge >= 0.3 is 5.97 Å². The Balaban J connectivity index is 1.50. The smallest absolute Gasteiger partial charge is 0.347 e. The lowest BCUT2D eigenvalue weighted by molar-refractivity contribution is -0.152. The van der Waals surface area contributed by atoms with E-state index in [9.17, 15) is 23.1 Å². The quantitative estimate of drug-likeness (QED) is 0.485. The first-order chi connectivity index (χ1) is 17.1. The van der Waals surface area contributed by atoms with Crippen molar-refractivity contribution in [2.24, 2.45) is 0 Å². The standard InChI is InChI=1S/C25H30N2O8S/c1-25(2,24(29)30)35-18-5-10-21(26-15-18)27-23(28)22(34-17-11-13-33-14-12-17)16-3-6-19(7-4-16)36(31,32)20-8-9-20/h3-7,10,15,17,20,22H,8-9,11-14H2,1-2H3,(H,29,30)(H,26,27,28). The number of anilines is 1. The van der Waals surface area contributed by atoms with E-state index in [2.05, 4.69) is 10.3 Å². The second-order valence-electron chi connectivity index (χ2n) is 9.43. The minimum atomic E-state index is -3.34. The summed E-state index contributed by atoms with van der Waals surface area (Å²) in [4.78, 5) is 28.9. The zero-order valence-electron chi connectivity index (χ0n) is 20.2. The van der Waals surface area contributed by atoms with Crippen molar-refractivity contribution in [3.63, 3.8) is 0 Å². The predicted molar refractivity (Wildman–Crippen MR) is 130 cm³/mol. The van der Waals surface area contributed by atoms with Crippen LogP contribution in [0.5, 0.6) is 5.75 Å². The fourth-order valence-electron chi connectivity index (χ4n) is 3.74. The summed E-state index contributed by atoms with van der Waals surface area (Å²) in [7, 11) is -3.34. The number of sulfone groups is 1. The van der Waals surface area contributed by atoms with Crippen molar-refractivity contribution in [1.29, 1.82) is 0 Å². The van der Waals surface area contributed by atoms with Crippen molar-refractivity contribution in [1.82, 2.24) is 4.98 Å². The first-order valence-corrected chi connectivity index (χ1v) is 13.4. The van der Waals surface area contributed by atoms with E-state index >= 15 is 0 Å². The van der Waals surface area contributed by atoms with E-state index in [4.69, 9.17) is 14.2 Å². The van der Waals surface area contributed by atoms with E-state index in [0.717, 1.165) is 0 Å². The number of carboxylic acid groups (broad SMARTS) is 1. The number of pyridine rings is 1. The molecule has 36 heavy (non-hydrogen) atoms. The molecule has 1 unspecified atom stereocenters. The summed E-state index contributed by atoms with van der Waals surface area (Å²) in [5.41, 5.74) is -0.911. The van der Waals surface area contributed by atoms with Crippen molar-refractivity contribution in [2.45, 2.75) is 67.5 Å². The van der Waals surface area contributed by atoms with E-state index in [1.54, 1.807) is 12.1 Å². The predicted octanol–water partition coefficient (Wildman–Crippen LogP) is 3.14. The molecule has 1 amide bonds. The van der Waals surface area contributed by atoms with Crippen molar-refractivity contribution in [3.8, 4) is 5.75 Å². The maximum Gasteiger partial charge on any atom is 0.347 e. The van der Waals surface area contributed by atoms with Gasteiger partial charge in [0.05, 0.1) is 22.4 Å². The molecule has 2 N–H and O–H groups in total. The number of aromatic nitrogens is 1. The van der Waals surface area contributed by atoms with Crippen molar-refractivity contribution >= 4 is 27.5 Å². The zero-order chi connectivity index (χ0) is 25.9. The summed E-state index contributed by atoms with van der Waals surface area (Å²) >= 11 is 0. The lowest BCUT2D eigenvalue weighted by Crippen LogP contribution is -2.37. The first kappa shape index (κ1) is 26.1. The van der Waals surface area contributed by atoms with Gasteiger partial charge in [0.2, 0.25) is 0 Å². The van der Waals surface area contributed by atoms with Crippen LogP contribution in [0.4, 0.5) is 5.82 Å². The highest BCUT2D eigenvalue weighted by atomic mass is 32.2. The molecule has 1 atom stereocenters. The monoisotopic (exact) mass is 518 g/mol. The number of aliphatic carboxylic acids is 1. The van der Waals surface area contributed by atoms with Gasteiger partial charge in [-0.05, 0) is 69.4 Å². The van der Waals surface area contributed by atoms with Crippen LogP contribution in [0.25, 0.3) is 0 Å². The highest BCUT2D eigenvalue weighted by Crippen LogP contribution is 2.34. The summed E-state index contributed by atoms with van der Waals surface area (Å²) in [6, 6.07) is 9.27. The fraction of sp³-hybridized carbons (Fsp3) is 0.480. The second kappa shape index (κ2) is 10.5. The van der Waals surface area contributed by atoms with Gasteiger partial charge in [-0.2, -0.15) is 0 Å². The molecular formula is C25H30N2O8S. The third kappa shape index (κ3) is 6.21. The summed E-state index contributed by atoms with van der Waals surface area (Å²) in [5, 5.41) is 11.6.